The molecule has 0 radical (unpaired) electrons. The van der Waals surface area contributed by atoms with Crippen LogP contribution in [0.2, 0.25) is 0 Å². The molecule has 0 saturated carbocycles. The lowest BCUT2D eigenvalue weighted by atomic mass is 10.1. The van der Waals surface area contributed by atoms with E-state index in [9.17, 15) is 18.0 Å². The predicted molar refractivity (Wildman–Crippen MR) is 119 cm³/mol. The summed E-state index contributed by atoms with van der Waals surface area (Å²) in [5, 5.41) is 2.82. The minimum Gasteiger partial charge on any atom is -0.326 e. The van der Waals surface area contributed by atoms with Gasteiger partial charge in [0.15, 0.2) is 0 Å². The summed E-state index contributed by atoms with van der Waals surface area (Å²) in [6.07, 6.45) is 2.98. The van der Waals surface area contributed by atoms with Crippen molar-refractivity contribution < 1.29 is 18.0 Å². The molecule has 1 N–H and O–H groups in total. The van der Waals surface area contributed by atoms with Gasteiger partial charge in [-0.05, 0) is 61.7 Å². The van der Waals surface area contributed by atoms with Crippen LogP contribution in [0.3, 0.4) is 0 Å². The minimum atomic E-state index is -3.50. The summed E-state index contributed by atoms with van der Waals surface area (Å²) < 4.78 is 27.0. The molecule has 2 aromatic carbocycles. The number of carbonyl (C=O) groups is 2. The number of sulfonamides is 1. The molecule has 0 aliphatic carbocycles. The summed E-state index contributed by atoms with van der Waals surface area (Å²) in [5.41, 5.74) is 2.37. The molecule has 8 heteroatoms. The number of nitrogens with one attached hydrogen (secondary N) is 1. The van der Waals surface area contributed by atoms with E-state index in [0.717, 1.165) is 30.5 Å². The van der Waals surface area contributed by atoms with Crippen molar-refractivity contribution in [3.05, 3.63) is 54.1 Å². The molecule has 0 aromatic heterocycles. The Morgan fingerprint density at radius 2 is 1.74 bits per heavy atom. The van der Waals surface area contributed by atoms with E-state index < -0.39 is 15.9 Å². The van der Waals surface area contributed by atoms with Gasteiger partial charge in [-0.2, -0.15) is 4.31 Å². The van der Waals surface area contributed by atoms with Gasteiger partial charge in [-0.25, -0.2) is 8.42 Å². The topological polar surface area (TPSA) is 86.8 Å². The minimum absolute atomic E-state index is 0.0753. The van der Waals surface area contributed by atoms with E-state index in [1.54, 1.807) is 17.0 Å². The van der Waals surface area contributed by atoms with Crippen LogP contribution in [0.4, 0.5) is 11.4 Å². The zero-order valence-corrected chi connectivity index (χ0v) is 18.4. The zero-order valence-electron chi connectivity index (χ0n) is 17.6. The number of aryl methyl sites for hydroxylation is 1. The molecule has 1 atom stereocenters. The molecule has 2 aromatic rings. The van der Waals surface area contributed by atoms with Gasteiger partial charge in [0.1, 0.15) is 0 Å². The highest BCUT2D eigenvalue weighted by molar-refractivity contribution is 7.89. The molecule has 4 rings (SSSR count). The Kier molecular flexibility index (Phi) is 6.11. The lowest BCUT2D eigenvalue weighted by Gasteiger charge is -2.25. The molecule has 1 unspecified atom stereocenters. The first-order valence-electron chi connectivity index (χ1n) is 10.6. The molecule has 164 valence electrons. The molecule has 31 heavy (non-hydrogen) atoms. The number of amides is 2. The van der Waals surface area contributed by atoms with Crippen molar-refractivity contribution in [1.29, 1.82) is 0 Å². The van der Waals surface area contributed by atoms with E-state index in [1.165, 1.54) is 16.4 Å². The van der Waals surface area contributed by atoms with Crippen molar-refractivity contribution in [3.63, 3.8) is 0 Å². The van der Waals surface area contributed by atoms with E-state index in [2.05, 4.69) is 5.32 Å². The number of hydrogen-bond donors (Lipinski definition) is 1. The first kappa shape index (κ1) is 21.5. The first-order valence-corrected chi connectivity index (χ1v) is 12.1. The number of carbonyl (C=O) groups excluding carboxylic acids is 2. The van der Waals surface area contributed by atoms with Crippen molar-refractivity contribution in [1.82, 2.24) is 4.31 Å². The second-order valence-electron chi connectivity index (χ2n) is 8.22. The third kappa shape index (κ3) is 4.65. The molecule has 2 fully saturated rings. The monoisotopic (exact) mass is 441 g/mol. The average Bonchev–Trinajstić information content (AvgIpc) is 3.16. The van der Waals surface area contributed by atoms with Gasteiger partial charge in [0.25, 0.3) is 0 Å². The number of benzene rings is 2. The SMILES string of the molecule is Cc1cccc(N2CC(C(=O)Nc3ccc(S(=O)(=O)N4CCCCC4)cc3)CC2=O)c1. The number of hydrogen-bond acceptors (Lipinski definition) is 4. The predicted octanol–water partition coefficient (Wildman–Crippen LogP) is 3.16. The van der Waals surface area contributed by atoms with Crippen LogP contribution in [-0.4, -0.2) is 44.2 Å². The van der Waals surface area contributed by atoms with Gasteiger partial charge in [-0.15, -0.1) is 0 Å². The lowest BCUT2D eigenvalue weighted by molar-refractivity contribution is -0.122. The Balaban J connectivity index is 1.40. The Hall–Kier alpha value is -2.71. The second kappa shape index (κ2) is 8.80. The molecular weight excluding hydrogens is 414 g/mol. The van der Waals surface area contributed by atoms with Crippen LogP contribution in [-0.2, 0) is 19.6 Å². The molecule has 7 nitrogen and oxygen atoms in total. The zero-order chi connectivity index (χ0) is 22.0. The van der Waals surface area contributed by atoms with Crippen LogP contribution in [0, 0.1) is 12.8 Å². The normalized spacial score (nSPS) is 20.1. The molecule has 0 spiro atoms. The first-order chi connectivity index (χ1) is 14.8. The summed E-state index contributed by atoms with van der Waals surface area (Å²) in [7, 11) is -3.50. The van der Waals surface area contributed by atoms with Gasteiger partial charge in [-0.1, -0.05) is 18.6 Å². The van der Waals surface area contributed by atoms with Crippen molar-refractivity contribution in [2.24, 2.45) is 5.92 Å². The summed E-state index contributed by atoms with van der Waals surface area (Å²) in [4.78, 5) is 27.0. The quantitative estimate of drug-likeness (QED) is 0.772. The van der Waals surface area contributed by atoms with Crippen LogP contribution in [0.1, 0.15) is 31.2 Å². The largest absolute Gasteiger partial charge is 0.326 e. The van der Waals surface area contributed by atoms with Gasteiger partial charge in [0.05, 0.1) is 10.8 Å². The van der Waals surface area contributed by atoms with Crippen LogP contribution in [0.5, 0.6) is 0 Å². The van der Waals surface area contributed by atoms with Crippen LogP contribution < -0.4 is 10.2 Å². The van der Waals surface area contributed by atoms with E-state index >= 15 is 0 Å². The summed E-state index contributed by atoms with van der Waals surface area (Å²) in [6, 6.07) is 13.9. The Bertz CT molecular complexity index is 1080. The molecular formula is C23H27N3O4S. The lowest BCUT2D eigenvalue weighted by Crippen LogP contribution is -2.35. The maximum Gasteiger partial charge on any atom is 0.243 e. The van der Waals surface area contributed by atoms with Gasteiger partial charge in [-0.3, -0.25) is 9.59 Å². The highest BCUT2D eigenvalue weighted by Crippen LogP contribution is 2.27. The number of rotatable bonds is 5. The number of nitrogens with zero attached hydrogens (tertiary/aromatic N) is 2. The molecule has 2 aliphatic rings. The third-order valence-corrected chi connectivity index (χ3v) is 7.80. The van der Waals surface area contributed by atoms with Crippen LogP contribution >= 0.6 is 0 Å². The fourth-order valence-electron chi connectivity index (χ4n) is 4.14. The summed E-state index contributed by atoms with van der Waals surface area (Å²) >= 11 is 0. The highest BCUT2D eigenvalue weighted by Gasteiger charge is 2.35. The molecule has 0 bridgehead atoms. The van der Waals surface area contributed by atoms with Crippen molar-refractivity contribution >= 4 is 33.2 Å². The van der Waals surface area contributed by atoms with E-state index in [4.69, 9.17) is 0 Å². The second-order valence-corrected chi connectivity index (χ2v) is 10.2. The fraction of sp³-hybridized carbons (Fsp3) is 0.391. The molecule has 2 saturated heterocycles. The van der Waals surface area contributed by atoms with Gasteiger partial charge >= 0.3 is 0 Å². The maximum absolute atomic E-state index is 12.8. The van der Waals surface area contributed by atoms with E-state index in [1.807, 2.05) is 31.2 Å². The summed E-state index contributed by atoms with van der Waals surface area (Å²) in [6.45, 7) is 3.39. The van der Waals surface area contributed by atoms with E-state index in [0.29, 0.717) is 25.3 Å². The molecule has 2 amide bonds. The number of anilines is 2. The summed E-state index contributed by atoms with van der Waals surface area (Å²) in [5.74, 6) is -0.770. The van der Waals surface area contributed by atoms with Crippen molar-refractivity contribution in [3.8, 4) is 0 Å². The Labute approximate surface area is 183 Å². The Morgan fingerprint density at radius 3 is 2.42 bits per heavy atom. The maximum atomic E-state index is 12.8. The Morgan fingerprint density at radius 1 is 1.03 bits per heavy atom. The third-order valence-electron chi connectivity index (χ3n) is 5.88. The van der Waals surface area contributed by atoms with Gasteiger partial charge < -0.3 is 10.2 Å². The van der Waals surface area contributed by atoms with Gasteiger partial charge in [0, 0.05) is 37.4 Å². The van der Waals surface area contributed by atoms with Crippen molar-refractivity contribution in [2.75, 3.05) is 29.9 Å². The van der Waals surface area contributed by atoms with Crippen molar-refractivity contribution in [2.45, 2.75) is 37.5 Å². The fourth-order valence-corrected chi connectivity index (χ4v) is 5.65. The molecule has 2 aliphatic heterocycles. The highest BCUT2D eigenvalue weighted by atomic mass is 32.2. The van der Waals surface area contributed by atoms with Gasteiger partial charge in [0.2, 0.25) is 21.8 Å². The molecule has 2 heterocycles. The van der Waals surface area contributed by atoms with Crippen LogP contribution in [0.25, 0.3) is 0 Å². The number of piperidine rings is 1. The smallest absolute Gasteiger partial charge is 0.243 e. The average molecular weight is 442 g/mol. The standard InChI is InChI=1S/C23H27N3O4S/c1-17-6-5-7-20(14-17)26-16-18(15-22(26)27)23(28)24-19-8-10-21(11-9-19)31(29,30)25-12-3-2-4-13-25/h5-11,14,18H,2-4,12-13,15-16H2,1H3,(H,24,28). The van der Waals surface area contributed by atoms with Crippen LogP contribution in [0.15, 0.2) is 53.4 Å². The van der Waals surface area contributed by atoms with E-state index in [-0.39, 0.29) is 23.1 Å².